The molecule has 0 saturated carbocycles. The number of hydrogen-bond acceptors (Lipinski definition) is 3. The Balaban J connectivity index is 2.17. The van der Waals surface area contributed by atoms with Crippen LogP contribution in [0.15, 0.2) is 0 Å². The van der Waals surface area contributed by atoms with Crippen molar-refractivity contribution in [2.75, 3.05) is 0 Å². The van der Waals surface area contributed by atoms with Crippen molar-refractivity contribution < 1.29 is 14.6 Å². The number of carboxylic acid groups (broad SMARTS) is 1. The van der Waals surface area contributed by atoms with E-state index >= 15 is 0 Å². The summed E-state index contributed by atoms with van der Waals surface area (Å²) in [6, 6.07) is -0.286. The Kier molecular flexibility index (Phi) is 1.40. The van der Waals surface area contributed by atoms with Crippen molar-refractivity contribution in [2.24, 2.45) is 11.7 Å². The first kappa shape index (κ1) is 7.06. The second-order valence-electron chi connectivity index (χ2n) is 3.23. The van der Waals surface area contributed by atoms with Gasteiger partial charge in [-0.05, 0) is 12.8 Å². The zero-order valence-electron chi connectivity index (χ0n) is 6.06. The van der Waals surface area contributed by atoms with Crippen LogP contribution in [0.3, 0.4) is 0 Å². The molecule has 2 saturated heterocycles. The molecule has 0 aromatic rings. The molecule has 2 bridgehead atoms. The fraction of sp³-hybridized carbons (Fsp3) is 0.857. The molecule has 2 aliphatic heterocycles. The van der Waals surface area contributed by atoms with Gasteiger partial charge in [0.1, 0.15) is 5.92 Å². The van der Waals surface area contributed by atoms with Crippen LogP contribution < -0.4 is 5.73 Å². The van der Waals surface area contributed by atoms with Crippen LogP contribution in [0.1, 0.15) is 12.8 Å². The van der Waals surface area contributed by atoms with E-state index in [-0.39, 0.29) is 18.2 Å². The predicted octanol–water partition coefficient (Wildman–Crippen LogP) is -0.424. The average Bonchev–Trinajstić information content (AvgIpc) is 2.44. The van der Waals surface area contributed by atoms with Crippen LogP contribution in [0.2, 0.25) is 0 Å². The lowest BCUT2D eigenvalue weighted by Gasteiger charge is -2.20. The molecule has 2 rings (SSSR count). The van der Waals surface area contributed by atoms with Gasteiger partial charge in [0.05, 0.1) is 12.2 Å². The van der Waals surface area contributed by atoms with Crippen molar-refractivity contribution in [3.63, 3.8) is 0 Å². The molecular formula is C7H11NO3. The summed E-state index contributed by atoms with van der Waals surface area (Å²) in [6.07, 6.45) is 1.67. The van der Waals surface area contributed by atoms with Gasteiger partial charge in [-0.2, -0.15) is 0 Å². The molecule has 62 valence electrons. The summed E-state index contributed by atoms with van der Waals surface area (Å²) in [7, 11) is 0. The van der Waals surface area contributed by atoms with Gasteiger partial charge in [-0.3, -0.25) is 4.79 Å². The highest BCUT2D eigenvalue weighted by atomic mass is 16.5. The van der Waals surface area contributed by atoms with Crippen LogP contribution in [0.4, 0.5) is 0 Å². The first-order valence-corrected chi connectivity index (χ1v) is 3.84. The van der Waals surface area contributed by atoms with Gasteiger partial charge in [-0.25, -0.2) is 0 Å². The van der Waals surface area contributed by atoms with Crippen LogP contribution in [-0.4, -0.2) is 29.3 Å². The second kappa shape index (κ2) is 2.19. The van der Waals surface area contributed by atoms with Crippen molar-refractivity contribution in [3.8, 4) is 0 Å². The summed E-state index contributed by atoms with van der Waals surface area (Å²) in [5.41, 5.74) is 5.66. The van der Waals surface area contributed by atoms with Gasteiger partial charge in [0.2, 0.25) is 0 Å². The average molecular weight is 157 g/mol. The predicted molar refractivity (Wildman–Crippen MR) is 37.0 cm³/mol. The molecule has 2 aliphatic rings. The molecule has 4 nitrogen and oxygen atoms in total. The van der Waals surface area contributed by atoms with Crippen LogP contribution in [0, 0.1) is 5.92 Å². The number of aliphatic carboxylic acids is 1. The third-order valence-electron chi connectivity index (χ3n) is 2.61. The van der Waals surface area contributed by atoms with Gasteiger partial charge in [-0.1, -0.05) is 0 Å². The van der Waals surface area contributed by atoms with Crippen molar-refractivity contribution in [2.45, 2.75) is 31.1 Å². The number of rotatable bonds is 1. The van der Waals surface area contributed by atoms with Crippen molar-refractivity contribution in [3.05, 3.63) is 0 Å². The van der Waals surface area contributed by atoms with Gasteiger partial charge in [-0.15, -0.1) is 0 Å². The number of carboxylic acids is 1. The zero-order valence-corrected chi connectivity index (χ0v) is 6.06. The lowest BCUT2D eigenvalue weighted by molar-refractivity contribution is -0.143. The number of ether oxygens (including phenoxy) is 1. The lowest BCUT2D eigenvalue weighted by atomic mass is 9.85. The monoisotopic (exact) mass is 157 g/mol. The lowest BCUT2D eigenvalue weighted by Crippen LogP contribution is -2.43. The summed E-state index contributed by atoms with van der Waals surface area (Å²) in [5.74, 6) is -1.28. The first-order chi connectivity index (χ1) is 5.20. The summed E-state index contributed by atoms with van der Waals surface area (Å²) >= 11 is 0. The summed E-state index contributed by atoms with van der Waals surface area (Å²) in [4.78, 5) is 10.6. The molecule has 2 heterocycles. The highest BCUT2D eigenvalue weighted by Gasteiger charge is 2.50. The molecule has 0 aromatic heterocycles. The third-order valence-corrected chi connectivity index (χ3v) is 2.61. The van der Waals surface area contributed by atoms with Gasteiger partial charge >= 0.3 is 5.97 Å². The van der Waals surface area contributed by atoms with E-state index in [2.05, 4.69) is 0 Å². The molecule has 0 amide bonds. The maximum absolute atomic E-state index is 10.6. The van der Waals surface area contributed by atoms with Crippen molar-refractivity contribution in [1.29, 1.82) is 0 Å². The van der Waals surface area contributed by atoms with Crippen LogP contribution in [0.5, 0.6) is 0 Å². The molecule has 0 unspecified atom stereocenters. The number of fused-ring (bicyclic) bond motifs is 2. The molecule has 4 heteroatoms. The molecule has 11 heavy (non-hydrogen) atoms. The standard InChI is InChI=1S/C7H11NO3/c8-6-4-2-1-3(11-4)5(6)7(9)10/h3-6H,1-2,8H2,(H,9,10)/t3-,4+,5-,6+/m0/s1. The highest BCUT2D eigenvalue weighted by molar-refractivity contribution is 5.72. The van der Waals surface area contributed by atoms with Crippen LogP contribution in [0.25, 0.3) is 0 Å². The van der Waals surface area contributed by atoms with E-state index < -0.39 is 11.9 Å². The molecule has 2 fully saturated rings. The summed E-state index contributed by atoms with van der Waals surface area (Å²) < 4.78 is 5.35. The van der Waals surface area contributed by atoms with Crippen molar-refractivity contribution in [1.82, 2.24) is 0 Å². The quantitative estimate of drug-likeness (QED) is 0.542. The highest BCUT2D eigenvalue weighted by Crippen LogP contribution is 2.37. The van der Waals surface area contributed by atoms with E-state index in [1.165, 1.54) is 0 Å². The summed E-state index contributed by atoms with van der Waals surface area (Å²) in [6.45, 7) is 0. The van der Waals surface area contributed by atoms with Gasteiger partial charge in [0.15, 0.2) is 0 Å². The Morgan fingerprint density at radius 2 is 2.09 bits per heavy atom. The Morgan fingerprint density at radius 3 is 2.45 bits per heavy atom. The zero-order chi connectivity index (χ0) is 8.01. The number of carbonyl (C=O) groups is 1. The van der Waals surface area contributed by atoms with E-state index in [0.29, 0.717) is 0 Å². The Labute approximate surface area is 64.3 Å². The molecule has 3 N–H and O–H groups in total. The molecule has 0 aromatic carbocycles. The minimum absolute atomic E-state index is 0.00102. The van der Waals surface area contributed by atoms with Gasteiger partial charge < -0.3 is 15.6 Å². The van der Waals surface area contributed by atoms with E-state index in [1.54, 1.807) is 0 Å². The van der Waals surface area contributed by atoms with Gasteiger partial charge in [0.25, 0.3) is 0 Å². The minimum atomic E-state index is -0.815. The minimum Gasteiger partial charge on any atom is -0.481 e. The van der Waals surface area contributed by atoms with Gasteiger partial charge in [0, 0.05) is 6.04 Å². The van der Waals surface area contributed by atoms with E-state index in [1.807, 2.05) is 0 Å². The first-order valence-electron chi connectivity index (χ1n) is 3.84. The maximum atomic E-state index is 10.6. The fourth-order valence-corrected chi connectivity index (χ4v) is 2.04. The Morgan fingerprint density at radius 1 is 1.45 bits per heavy atom. The van der Waals surface area contributed by atoms with Crippen LogP contribution in [-0.2, 0) is 9.53 Å². The molecule has 4 atom stereocenters. The molecule has 0 spiro atoms. The Hall–Kier alpha value is -0.610. The third kappa shape index (κ3) is 0.862. The SMILES string of the molecule is N[C@H]1[C@@H](C(=O)O)[C@@H]2CC[C@H]1O2. The van der Waals surface area contributed by atoms with E-state index in [0.717, 1.165) is 12.8 Å². The van der Waals surface area contributed by atoms with E-state index in [4.69, 9.17) is 15.6 Å². The maximum Gasteiger partial charge on any atom is 0.310 e. The van der Waals surface area contributed by atoms with E-state index in [9.17, 15) is 4.79 Å². The number of hydrogen-bond donors (Lipinski definition) is 2. The summed E-state index contributed by atoms with van der Waals surface area (Å²) in [5, 5.41) is 8.75. The molecule has 0 aliphatic carbocycles. The normalized spacial score (nSPS) is 48.1. The number of nitrogens with two attached hydrogens (primary N) is 1. The fourth-order valence-electron chi connectivity index (χ4n) is 2.04. The van der Waals surface area contributed by atoms with Crippen molar-refractivity contribution >= 4 is 5.97 Å². The Bertz CT molecular complexity index is 192. The topological polar surface area (TPSA) is 72.6 Å². The van der Waals surface area contributed by atoms with Crippen LogP contribution >= 0.6 is 0 Å². The molecular weight excluding hydrogens is 146 g/mol. The second-order valence-corrected chi connectivity index (χ2v) is 3.23. The molecule has 0 radical (unpaired) electrons. The smallest absolute Gasteiger partial charge is 0.310 e. The largest absolute Gasteiger partial charge is 0.481 e.